The minimum absolute atomic E-state index is 0.442. The molecule has 0 saturated heterocycles. The summed E-state index contributed by atoms with van der Waals surface area (Å²) < 4.78 is 0. The Labute approximate surface area is 133 Å². The van der Waals surface area contributed by atoms with Crippen molar-refractivity contribution in [1.82, 2.24) is 0 Å². The van der Waals surface area contributed by atoms with Gasteiger partial charge in [-0.05, 0) is 38.7 Å². The Morgan fingerprint density at radius 3 is 2.55 bits per heavy atom. The van der Waals surface area contributed by atoms with Gasteiger partial charge in [0.2, 0.25) is 0 Å². The summed E-state index contributed by atoms with van der Waals surface area (Å²) in [5.74, 6) is 0. The van der Waals surface area contributed by atoms with Crippen LogP contribution < -0.4 is 10.6 Å². The van der Waals surface area contributed by atoms with E-state index in [1.54, 1.807) is 11.8 Å². The van der Waals surface area contributed by atoms with Gasteiger partial charge in [-0.25, -0.2) is 0 Å². The number of thioether (sulfide) groups is 1. The molecule has 0 bridgehead atoms. The fraction of sp³-hybridized carbons (Fsp3) is 0.562. The normalized spacial score (nSPS) is 10.8. The van der Waals surface area contributed by atoms with Crippen LogP contribution in [-0.2, 0) is 0 Å². The molecule has 0 aliphatic carbocycles. The SMILES string of the molecule is CCCCCN(c1cccc(SC)c1C(N)=S)C(C)C. The van der Waals surface area contributed by atoms with Gasteiger partial charge in [-0.2, -0.15) is 0 Å². The first-order valence-corrected chi connectivity index (χ1v) is 8.89. The minimum atomic E-state index is 0.442. The molecule has 2 nitrogen and oxygen atoms in total. The zero-order valence-electron chi connectivity index (χ0n) is 13.0. The Hall–Kier alpha value is -0.740. The Balaban J connectivity index is 3.15. The smallest absolute Gasteiger partial charge is 0.107 e. The van der Waals surface area contributed by atoms with Crippen molar-refractivity contribution in [1.29, 1.82) is 0 Å². The van der Waals surface area contributed by atoms with E-state index in [4.69, 9.17) is 18.0 Å². The van der Waals surface area contributed by atoms with E-state index in [-0.39, 0.29) is 0 Å². The van der Waals surface area contributed by atoms with Crippen LogP contribution in [0.4, 0.5) is 5.69 Å². The van der Waals surface area contributed by atoms with Gasteiger partial charge < -0.3 is 10.6 Å². The van der Waals surface area contributed by atoms with Crippen molar-refractivity contribution in [2.75, 3.05) is 17.7 Å². The third-order valence-electron chi connectivity index (χ3n) is 3.41. The Kier molecular flexibility index (Phi) is 7.38. The molecule has 1 aromatic carbocycles. The maximum Gasteiger partial charge on any atom is 0.107 e. The number of hydrogen-bond acceptors (Lipinski definition) is 3. The number of anilines is 1. The first kappa shape index (κ1) is 17.3. The summed E-state index contributed by atoms with van der Waals surface area (Å²) in [5, 5.41) is 0. The second-order valence-corrected chi connectivity index (χ2v) is 6.50. The molecule has 0 aromatic heterocycles. The molecular weight excluding hydrogens is 284 g/mol. The lowest BCUT2D eigenvalue weighted by atomic mass is 10.1. The second-order valence-electron chi connectivity index (χ2n) is 5.21. The maximum atomic E-state index is 5.98. The van der Waals surface area contributed by atoms with Crippen molar-refractivity contribution in [3.05, 3.63) is 23.8 Å². The number of nitrogens with zero attached hydrogens (tertiary/aromatic N) is 1. The van der Waals surface area contributed by atoms with Crippen LogP contribution in [0.1, 0.15) is 45.6 Å². The molecule has 0 spiro atoms. The van der Waals surface area contributed by atoms with E-state index in [1.807, 2.05) is 0 Å². The number of rotatable bonds is 8. The van der Waals surface area contributed by atoms with Gasteiger partial charge in [0, 0.05) is 28.7 Å². The monoisotopic (exact) mass is 310 g/mol. The zero-order chi connectivity index (χ0) is 15.1. The van der Waals surface area contributed by atoms with Gasteiger partial charge in [0.25, 0.3) is 0 Å². The molecule has 4 heteroatoms. The van der Waals surface area contributed by atoms with Crippen molar-refractivity contribution in [3.8, 4) is 0 Å². The van der Waals surface area contributed by atoms with Gasteiger partial charge in [-0.1, -0.05) is 38.0 Å². The van der Waals surface area contributed by atoms with Crippen molar-refractivity contribution >= 4 is 34.7 Å². The molecule has 0 amide bonds. The standard InChI is InChI=1S/C16H26N2S2/c1-5-6-7-11-18(12(2)3)13-9-8-10-14(20-4)15(13)16(17)19/h8-10,12H,5-7,11H2,1-4H3,(H2,17,19). The number of hydrogen-bond donors (Lipinski definition) is 1. The van der Waals surface area contributed by atoms with Gasteiger partial charge in [0.15, 0.2) is 0 Å². The van der Waals surface area contributed by atoms with E-state index in [0.717, 1.165) is 17.0 Å². The predicted molar refractivity (Wildman–Crippen MR) is 96.1 cm³/mol. The molecule has 0 fully saturated rings. The van der Waals surface area contributed by atoms with E-state index in [0.29, 0.717) is 11.0 Å². The number of unbranched alkanes of at least 4 members (excludes halogenated alkanes) is 2. The van der Waals surface area contributed by atoms with Crippen molar-refractivity contribution in [2.24, 2.45) is 5.73 Å². The molecule has 0 radical (unpaired) electrons. The lowest BCUT2D eigenvalue weighted by Gasteiger charge is -2.31. The summed E-state index contributed by atoms with van der Waals surface area (Å²) in [7, 11) is 0. The van der Waals surface area contributed by atoms with Crippen LogP contribution >= 0.6 is 24.0 Å². The van der Waals surface area contributed by atoms with E-state index < -0.39 is 0 Å². The highest BCUT2D eigenvalue weighted by atomic mass is 32.2. The highest BCUT2D eigenvalue weighted by Gasteiger charge is 2.18. The van der Waals surface area contributed by atoms with E-state index >= 15 is 0 Å². The Morgan fingerprint density at radius 1 is 1.35 bits per heavy atom. The molecule has 2 N–H and O–H groups in total. The second kappa shape index (κ2) is 8.53. The van der Waals surface area contributed by atoms with Crippen LogP contribution in [-0.4, -0.2) is 23.8 Å². The third kappa shape index (κ3) is 4.38. The van der Waals surface area contributed by atoms with Crippen LogP contribution in [0.25, 0.3) is 0 Å². The summed E-state index contributed by atoms with van der Waals surface area (Å²) in [5.41, 5.74) is 8.18. The van der Waals surface area contributed by atoms with Crippen molar-refractivity contribution in [2.45, 2.75) is 51.0 Å². The Morgan fingerprint density at radius 2 is 2.05 bits per heavy atom. The summed E-state index contributed by atoms with van der Waals surface area (Å²) in [6.45, 7) is 7.73. The molecule has 0 saturated carbocycles. The summed E-state index contributed by atoms with van der Waals surface area (Å²) in [4.78, 5) is 4.08. The quantitative estimate of drug-likeness (QED) is 0.436. The van der Waals surface area contributed by atoms with Crippen LogP contribution in [0, 0.1) is 0 Å². The van der Waals surface area contributed by atoms with Crippen LogP contribution in [0.5, 0.6) is 0 Å². The van der Waals surface area contributed by atoms with Crippen LogP contribution in [0.2, 0.25) is 0 Å². The van der Waals surface area contributed by atoms with Gasteiger partial charge >= 0.3 is 0 Å². The largest absolute Gasteiger partial charge is 0.389 e. The lowest BCUT2D eigenvalue weighted by Crippen LogP contribution is -2.33. The van der Waals surface area contributed by atoms with Gasteiger partial charge in [-0.3, -0.25) is 0 Å². The molecule has 0 aliphatic rings. The first-order chi connectivity index (χ1) is 9.52. The molecule has 1 aromatic rings. The molecule has 0 unspecified atom stereocenters. The molecular formula is C16H26N2S2. The van der Waals surface area contributed by atoms with Gasteiger partial charge in [0.1, 0.15) is 4.99 Å². The van der Waals surface area contributed by atoms with Crippen LogP contribution in [0.15, 0.2) is 23.1 Å². The highest BCUT2D eigenvalue weighted by molar-refractivity contribution is 7.98. The fourth-order valence-electron chi connectivity index (χ4n) is 2.37. The predicted octanol–water partition coefficient (Wildman–Crippen LogP) is 4.45. The third-order valence-corrected chi connectivity index (χ3v) is 4.39. The average molecular weight is 311 g/mol. The molecule has 112 valence electrons. The molecule has 0 aliphatic heterocycles. The van der Waals surface area contributed by atoms with E-state index in [1.165, 1.54) is 24.9 Å². The fourth-order valence-corrected chi connectivity index (χ4v) is 3.28. The van der Waals surface area contributed by atoms with Gasteiger partial charge in [-0.15, -0.1) is 11.8 Å². The number of nitrogens with two attached hydrogens (primary N) is 1. The summed E-state index contributed by atoms with van der Waals surface area (Å²) >= 11 is 6.98. The van der Waals surface area contributed by atoms with Crippen molar-refractivity contribution in [3.63, 3.8) is 0 Å². The van der Waals surface area contributed by atoms with E-state index in [2.05, 4.69) is 50.1 Å². The van der Waals surface area contributed by atoms with Crippen LogP contribution in [0.3, 0.4) is 0 Å². The first-order valence-electron chi connectivity index (χ1n) is 7.26. The number of benzene rings is 1. The van der Waals surface area contributed by atoms with Crippen molar-refractivity contribution < 1.29 is 0 Å². The number of thiocarbonyl (C=S) groups is 1. The molecule has 0 atom stereocenters. The topological polar surface area (TPSA) is 29.3 Å². The summed E-state index contributed by atoms with van der Waals surface area (Å²) in [6, 6.07) is 6.77. The molecule has 0 heterocycles. The van der Waals surface area contributed by atoms with E-state index in [9.17, 15) is 0 Å². The Bertz CT molecular complexity index is 444. The lowest BCUT2D eigenvalue weighted by molar-refractivity contribution is 0.625. The molecule has 1 rings (SSSR count). The molecule has 20 heavy (non-hydrogen) atoms. The maximum absolute atomic E-state index is 5.98. The van der Waals surface area contributed by atoms with Gasteiger partial charge in [0.05, 0.1) is 0 Å². The average Bonchev–Trinajstić information content (AvgIpc) is 2.42. The minimum Gasteiger partial charge on any atom is -0.389 e. The highest BCUT2D eigenvalue weighted by Crippen LogP contribution is 2.31. The summed E-state index contributed by atoms with van der Waals surface area (Å²) in [6.07, 6.45) is 5.76. The zero-order valence-corrected chi connectivity index (χ0v) is 14.6.